The van der Waals surface area contributed by atoms with Crippen LogP contribution < -0.4 is 10.6 Å². The van der Waals surface area contributed by atoms with Gasteiger partial charge in [0.1, 0.15) is 0 Å². The Hall–Kier alpha value is -1.88. The van der Waals surface area contributed by atoms with E-state index in [1.54, 1.807) is 23.1 Å². The quantitative estimate of drug-likeness (QED) is 0.855. The molecule has 0 fully saturated rings. The van der Waals surface area contributed by atoms with Crippen molar-refractivity contribution in [2.45, 2.75) is 19.8 Å². The number of aromatic carboxylic acids is 1. The number of carbonyl (C=O) groups is 2. The van der Waals surface area contributed by atoms with Crippen molar-refractivity contribution in [3.8, 4) is 0 Å². The molecule has 1 aromatic carbocycles. The summed E-state index contributed by atoms with van der Waals surface area (Å²) >= 11 is 0. The fraction of sp³-hybridized carbons (Fsp3) is 0.429. The second-order valence-corrected chi connectivity index (χ2v) is 4.87. The summed E-state index contributed by atoms with van der Waals surface area (Å²) in [6.45, 7) is 2.95. The van der Waals surface area contributed by atoms with Crippen molar-refractivity contribution in [2.24, 2.45) is 11.7 Å². The first-order chi connectivity index (χ1) is 9.04. The maximum Gasteiger partial charge on any atom is 0.335 e. The van der Waals surface area contributed by atoms with Crippen LogP contribution in [0.3, 0.4) is 0 Å². The van der Waals surface area contributed by atoms with Gasteiger partial charge in [-0.05, 0) is 37.1 Å². The largest absolute Gasteiger partial charge is 0.478 e. The van der Waals surface area contributed by atoms with E-state index in [0.29, 0.717) is 19.5 Å². The van der Waals surface area contributed by atoms with E-state index in [0.717, 1.165) is 17.7 Å². The van der Waals surface area contributed by atoms with Gasteiger partial charge in [-0.15, -0.1) is 0 Å². The molecule has 0 saturated heterocycles. The Morgan fingerprint density at radius 1 is 1.47 bits per heavy atom. The number of hydrogen-bond donors (Lipinski definition) is 2. The van der Waals surface area contributed by atoms with Gasteiger partial charge in [0, 0.05) is 18.2 Å². The molecule has 1 unspecified atom stereocenters. The van der Waals surface area contributed by atoms with Crippen molar-refractivity contribution in [3.63, 3.8) is 0 Å². The smallest absolute Gasteiger partial charge is 0.335 e. The fourth-order valence-electron chi connectivity index (χ4n) is 2.38. The summed E-state index contributed by atoms with van der Waals surface area (Å²) in [5.41, 5.74) is 7.45. The molecule has 0 bridgehead atoms. The number of carbonyl (C=O) groups excluding carboxylic acids is 1. The van der Waals surface area contributed by atoms with Crippen LogP contribution in [0.1, 0.15) is 29.3 Å². The van der Waals surface area contributed by atoms with Gasteiger partial charge in [0.2, 0.25) is 5.91 Å². The van der Waals surface area contributed by atoms with Crippen LogP contribution in [0.15, 0.2) is 18.2 Å². The molecular formula is C14H18N2O3. The number of carboxylic acids is 1. The Morgan fingerprint density at radius 2 is 2.21 bits per heavy atom. The number of hydrogen-bond acceptors (Lipinski definition) is 3. The SMILES string of the molecule is CC(CCN)C(=O)N1CCc2ccc(C(=O)O)cc21. The van der Waals surface area contributed by atoms with Crippen molar-refractivity contribution >= 4 is 17.6 Å². The molecule has 1 heterocycles. The van der Waals surface area contributed by atoms with Crippen LogP contribution in [-0.2, 0) is 11.2 Å². The van der Waals surface area contributed by atoms with Crippen LogP contribution in [0.25, 0.3) is 0 Å². The Kier molecular flexibility index (Phi) is 3.85. The normalized spacial score (nSPS) is 15.2. The van der Waals surface area contributed by atoms with E-state index >= 15 is 0 Å². The number of nitrogens with two attached hydrogens (primary N) is 1. The molecule has 5 heteroatoms. The summed E-state index contributed by atoms with van der Waals surface area (Å²) in [5.74, 6) is -1.09. The van der Waals surface area contributed by atoms with Crippen LogP contribution in [0.2, 0.25) is 0 Å². The second kappa shape index (κ2) is 5.40. The molecule has 102 valence electrons. The van der Waals surface area contributed by atoms with Crippen molar-refractivity contribution in [2.75, 3.05) is 18.0 Å². The molecule has 3 N–H and O–H groups in total. The second-order valence-electron chi connectivity index (χ2n) is 4.87. The fourth-order valence-corrected chi connectivity index (χ4v) is 2.38. The molecule has 1 atom stereocenters. The highest BCUT2D eigenvalue weighted by Gasteiger charge is 2.28. The first-order valence-corrected chi connectivity index (χ1v) is 6.42. The van der Waals surface area contributed by atoms with E-state index in [1.165, 1.54) is 0 Å². The number of amides is 1. The van der Waals surface area contributed by atoms with Crippen molar-refractivity contribution in [1.82, 2.24) is 0 Å². The summed E-state index contributed by atoms with van der Waals surface area (Å²) in [4.78, 5) is 25.0. The Morgan fingerprint density at radius 3 is 2.84 bits per heavy atom. The zero-order valence-electron chi connectivity index (χ0n) is 10.9. The minimum atomic E-state index is -0.975. The molecule has 1 aliphatic heterocycles. The molecule has 2 rings (SSSR count). The highest BCUT2D eigenvalue weighted by molar-refractivity contribution is 5.98. The van der Waals surface area contributed by atoms with Gasteiger partial charge in [-0.25, -0.2) is 4.79 Å². The number of carboxylic acid groups (broad SMARTS) is 1. The van der Waals surface area contributed by atoms with Gasteiger partial charge >= 0.3 is 5.97 Å². The van der Waals surface area contributed by atoms with Crippen LogP contribution in [-0.4, -0.2) is 30.1 Å². The molecular weight excluding hydrogens is 244 g/mol. The van der Waals surface area contributed by atoms with Crippen molar-refractivity contribution in [3.05, 3.63) is 29.3 Å². The van der Waals surface area contributed by atoms with Crippen LogP contribution in [0.5, 0.6) is 0 Å². The lowest BCUT2D eigenvalue weighted by Crippen LogP contribution is -2.34. The lowest BCUT2D eigenvalue weighted by atomic mass is 10.1. The lowest BCUT2D eigenvalue weighted by Gasteiger charge is -2.21. The predicted molar refractivity (Wildman–Crippen MR) is 72.3 cm³/mol. The first-order valence-electron chi connectivity index (χ1n) is 6.42. The summed E-state index contributed by atoms with van der Waals surface area (Å²) in [6.07, 6.45) is 1.42. The number of rotatable bonds is 4. The molecule has 0 radical (unpaired) electrons. The maximum absolute atomic E-state index is 12.3. The van der Waals surface area contributed by atoms with Gasteiger partial charge in [-0.1, -0.05) is 13.0 Å². The predicted octanol–water partition coefficient (Wildman–Crippen LogP) is 1.26. The third-order valence-electron chi connectivity index (χ3n) is 3.52. The summed E-state index contributed by atoms with van der Waals surface area (Å²) in [7, 11) is 0. The monoisotopic (exact) mass is 262 g/mol. The molecule has 5 nitrogen and oxygen atoms in total. The molecule has 19 heavy (non-hydrogen) atoms. The maximum atomic E-state index is 12.3. The van der Waals surface area contributed by atoms with Crippen LogP contribution >= 0.6 is 0 Å². The highest BCUT2D eigenvalue weighted by Crippen LogP contribution is 2.30. The number of nitrogens with zero attached hydrogens (tertiary/aromatic N) is 1. The van der Waals surface area contributed by atoms with E-state index < -0.39 is 5.97 Å². The Bertz CT molecular complexity index is 513. The van der Waals surface area contributed by atoms with Gasteiger partial charge in [0.05, 0.1) is 5.56 Å². The topological polar surface area (TPSA) is 83.6 Å². The Balaban J connectivity index is 2.27. The lowest BCUT2D eigenvalue weighted by molar-refractivity contribution is -0.121. The van der Waals surface area contributed by atoms with E-state index in [4.69, 9.17) is 10.8 Å². The first kappa shape index (κ1) is 13.5. The van der Waals surface area contributed by atoms with Crippen molar-refractivity contribution < 1.29 is 14.7 Å². The molecule has 0 aliphatic carbocycles. The molecule has 0 spiro atoms. The van der Waals surface area contributed by atoms with E-state index in [9.17, 15) is 9.59 Å². The minimum absolute atomic E-state index is 0.0201. The summed E-state index contributed by atoms with van der Waals surface area (Å²) < 4.78 is 0. The van der Waals surface area contributed by atoms with E-state index in [-0.39, 0.29) is 17.4 Å². The van der Waals surface area contributed by atoms with Crippen LogP contribution in [0, 0.1) is 5.92 Å². The van der Waals surface area contributed by atoms with Gasteiger partial charge in [-0.2, -0.15) is 0 Å². The molecule has 1 aromatic rings. The molecule has 0 saturated carbocycles. The van der Waals surface area contributed by atoms with E-state index in [1.807, 2.05) is 6.92 Å². The average Bonchev–Trinajstić information content (AvgIpc) is 2.80. The molecule has 0 aromatic heterocycles. The standard InChI is InChI=1S/C14H18N2O3/c1-9(4-6-15)13(17)16-7-5-10-2-3-11(14(18)19)8-12(10)16/h2-3,8-9H,4-7,15H2,1H3,(H,18,19). The average molecular weight is 262 g/mol. The molecule has 1 aliphatic rings. The minimum Gasteiger partial charge on any atom is -0.478 e. The summed E-state index contributed by atoms with van der Waals surface area (Å²) in [6, 6.07) is 4.95. The van der Waals surface area contributed by atoms with Gasteiger partial charge in [0.25, 0.3) is 0 Å². The van der Waals surface area contributed by atoms with E-state index in [2.05, 4.69) is 0 Å². The molecule has 1 amide bonds. The number of fused-ring (bicyclic) bond motifs is 1. The van der Waals surface area contributed by atoms with Gasteiger partial charge < -0.3 is 15.7 Å². The number of anilines is 1. The van der Waals surface area contributed by atoms with Gasteiger partial charge in [-0.3, -0.25) is 4.79 Å². The Labute approximate surface area is 112 Å². The zero-order valence-corrected chi connectivity index (χ0v) is 10.9. The summed E-state index contributed by atoms with van der Waals surface area (Å²) in [5, 5.41) is 9.01. The third-order valence-corrected chi connectivity index (χ3v) is 3.52. The highest BCUT2D eigenvalue weighted by atomic mass is 16.4. The van der Waals surface area contributed by atoms with Crippen molar-refractivity contribution in [1.29, 1.82) is 0 Å². The van der Waals surface area contributed by atoms with Crippen LogP contribution in [0.4, 0.5) is 5.69 Å². The van der Waals surface area contributed by atoms with Gasteiger partial charge in [0.15, 0.2) is 0 Å². The number of benzene rings is 1. The third kappa shape index (κ3) is 2.61. The zero-order chi connectivity index (χ0) is 14.0.